The van der Waals surface area contributed by atoms with Gasteiger partial charge in [-0.05, 0) is 60.7 Å². The van der Waals surface area contributed by atoms with E-state index in [-0.39, 0.29) is 21.3 Å². The SMILES string of the molecule is [O]c1ccc(S(=O)(=O)c2ccc(OC(=O)c3ccccc3)cc2)cc1. The van der Waals surface area contributed by atoms with Gasteiger partial charge in [-0.2, -0.15) is 0 Å². The molecule has 125 valence electrons. The minimum atomic E-state index is -3.73. The number of ether oxygens (including phenoxy) is 1. The zero-order valence-corrected chi connectivity index (χ0v) is 13.8. The zero-order chi connectivity index (χ0) is 17.9. The molecule has 25 heavy (non-hydrogen) atoms. The number of hydrogen-bond donors (Lipinski definition) is 0. The Morgan fingerprint density at radius 3 is 1.80 bits per heavy atom. The smallest absolute Gasteiger partial charge is 0.343 e. The number of carbonyl (C=O) groups is 1. The third kappa shape index (κ3) is 3.70. The van der Waals surface area contributed by atoms with Crippen LogP contribution in [0.25, 0.3) is 0 Å². The van der Waals surface area contributed by atoms with Crippen LogP contribution in [0.3, 0.4) is 0 Å². The normalized spacial score (nSPS) is 11.0. The molecule has 3 aromatic carbocycles. The van der Waals surface area contributed by atoms with Crippen molar-refractivity contribution in [3.8, 4) is 11.5 Å². The van der Waals surface area contributed by atoms with Gasteiger partial charge in [0.25, 0.3) is 0 Å². The molecule has 0 fully saturated rings. The summed E-state index contributed by atoms with van der Waals surface area (Å²) in [6.07, 6.45) is 0. The molecule has 0 heterocycles. The quantitative estimate of drug-likeness (QED) is 0.526. The van der Waals surface area contributed by atoms with E-state index in [1.165, 1.54) is 48.5 Å². The second-order valence-corrected chi connectivity index (χ2v) is 7.15. The fourth-order valence-electron chi connectivity index (χ4n) is 2.18. The summed E-state index contributed by atoms with van der Waals surface area (Å²) in [5.74, 6) is -0.549. The summed E-state index contributed by atoms with van der Waals surface area (Å²) in [5, 5.41) is 11.1. The molecule has 0 N–H and O–H groups in total. The lowest BCUT2D eigenvalue weighted by atomic mass is 10.2. The highest BCUT2D eigenvalue weighted by Gasteiger charge is 2.18. The van der Waals surface area contributed by atoms with Gasteiger partial charge in [0.2, 0.25) is 9.84 Å². The molecule has 0 amide bonds. The largest absolute Gasteiger partial charge is 0.423 e. The average molecular weight is 353 g/mol. The topological polar surface area (TPSA) is 80.3 Å². The van der Waals surface area contributed by atoms with Crippen molar-refractivity contribution in [2.24, 2.45) is 0 Å². The van der Waals surface area contributed by atoms with Crippen molar-refractivity contribution >= 4 is 15.8 Å². The molecule has 3 rings (SSSR count). The zero-order valence-electron chi connectivity index (χ0n) is 13.0. The Hall–Kier alpha value is -3.12. The van der Waals surface area contributed by atoms with E-state index in [1.807, 2.05) is 0 Å². The van der Waals surface area contributed by atoms with Gasteiger partial charge in [-0.1, -0.05) is 18.2 Å². The summed E-state index contributed by atoms with van der Waals surface area (Å²) in [6, 6.07) is 18.9. The molecular weight excluding hydrogens is 340 g/mol. The van der Waals surface area contributed by atoms with Gasteiger partial charge >= 0.3 is 5.97 Å². The van der Waals surface area contributed by atoms with Gasteiger partial charge in [-0.3, -0.25) is 5.11 Å². The van der Waals surface area contributed by atoms with Gasteiger partial charge in [0.1, 0.15) is 5.75 Å². The number of sulfone groups is 1. The monoisotopic (exact) mass is 353 g/mol. The van der Waals surface area contributed by atoms with Gasteiger partial charge in [0, 0.05) is 0 Å². The first-order valence-electron chi connectivity index (χ1n) is 7.36. The van der Waals surface area contributed by atoms with Crippen molar-refractivity contribution in [1.29, 1.82) is 0 Å². The van der Waals surface area contributed by atoms with Crippen LogP contribution in [0.1, 0.15) is 10.4 Å². The van der Waals surface area contributed by atoms with E-state index >= 15 is 0 Å². The summed E-state index contributed by atoms with van der Waals surface area (Å²) in [7, 11) is -3.73. The Morgan fingerprint density at radius 2 is 1.24 bits per heavy atom. The van der Waals surface area contributed by atoms with Crippen LogP contribution in [0.15, 0.2) is 88.7 Å². The fraction of sp³-hybridized carbons (Fsp3) is 0. The second kappa shape index (κ2) is 6.78. The summed E-state index contributed by atoms with van der Waals surface area (Å²) < 4.78 is 30.2. The van der Waals surface area contributed by atoms with Gasteiger partial charge in [0.05, 0.1) is 15.4 Å². The molecule has 3 aromatic rings. The van der Waals surface area contributed by atoms with Crippen LogP contribution < -0.4 is 4.74 Å². The van der Waals surface area contributed by atoms with E-state index in [1.54, 1.807) is 30.3 Å². The molecule has 0 aliphatic carbocycles. The van der Waals surface area contributed by atoms with Crippen molar-refractivity contribution in [3.05, 3.63) is 84.4 Å². The number of rotatable bonds is 4. The predicted octanol–water partition coefficient (Wildman–Crippen LogP) is 3.88. The molecular formula is C19H13O5S. The molecule has 6 heteroatoms. The summed E-state index contributed by atoms with van der Waals surface area (Å²) in [5.41, 5.74) is 0.400. The van der Waals surface area contributed by atoms with Crippen molar-refractivity contribution in [1.82, 2.24) is 0 Å². The van der Waals surface area contributed by atoms with E-state index in [0.717, 1.165) is 0 Å². The van der Waals surface area contributed by atoms with Crippen LogP contribution in [0.5, 0.6) is 11.5 Å². The van der Waals surface area contributed by atoms with Gasteiger partial charge in [0.15, 0.2) is 5.75 Å². The first kappa shape index (κ1) is 16.7. The van der Waals surface area contributed by atoms with Crippen molar-refractivity contribution in [3.63, 3.8) is 0 Å². The van der Waals surface area contributed by atoms with Gasteiger partial charge in [-0.25, -0.2) is 13.2 Å². The Morgan fingerprint density at radius 1 is 0.720 bits per heavy atom. The van der Waals surface area contributed by atoms with E-state index in [2.05, 4.69) is 0 Å². The van der Waals surface area contributed by atoms with Crippen LogP contribution in [0.2, 0.25) is 0 Å². The maximum Gasteiger partial charge on any atom is 0.343 e. The predicted molar refractivity (Wildman–Crippen MR) is 89.9 cm³/mol. The van der Waals surface area contributed by atoms with Gasteiger partial charge < -0.3 is 4.74 Å². The maximum atomic E-state index is 12.5. The van der Waals surface area contributed by atoms with Crippen molar-refractivity contribution < 1.29 is 23.1 Å². The van der Waals surface area contributed by atoms with E-state index in [9.17, 15) is 18.3 Å². The first-order valence-corrected chi connectivity index (χ1v) is 8.84. The lowest BCUT2D eigenvalue weighted by Gasteiger charge is -2.07. The third-order valence-electron chi connectivity index (χ3n) is 3.49. The Labute approximate surface area is 145 Å². The molecule has 0 aliphatic heterocycles. The van der Waals surface area contributed by atoms with Crippen molar-refractivity contribution in [2.45, 2.75) is 9.79 Å². The fourth-order valence-corrected chi connectivity index (χ4v) is 3.44. The number of esters is 1. The minimum absolute atomic E-state index is 0.0288. The van der Waals surface area contributed by atoms with Crippen LogP contribution in [-0.2, 0) is 14.9 Å². The minimum Gasteiger partial charge on any atom is -0.423 e. The lowest BCUT2D eigenvalue weighted by molar-refractivity contribution is 0.0734. The molecule has 0 saturated heterocycles. The summed E-state index contributed by atoms with van der Waals surface area (Å²) >= 11 is 0. The van der Waals surface area contributed by atoms with E-state index in [0.29, 0.717) is 5.56 Å². The first-order chi connectivity index (χ1) is 12.0. The summed E-state index contributed by atoms with van der Waals surface area (Å²) in [6.45, 7) is 0. The Bertz CT molecular complexity index is 976. The molecule has 0 bridgehead atoms. The second-order valence-electron chi connectivity index (χ2n) is 5.20. The van der Waals surface area contributed by atoms with E-state index < -0.39 is 15.8 Å². The molecule has 0 aromatic heterocycles. The number of carbonyl (C=O) groups excluding carboxylic acids is 1. The van der Waals surface area contributed by atoms with E-state index in [4.69, 9.17) is 4.74 Å². The molecule has 1 radical (unpaired) electrons. The highest BCUT2D eigenvalue weighted by Crippen LogP contribution is 2.25. The number of hydrogen-bond acceptors (Lipinski definition) is 4. The Balaban J connectivity index is 1.80. The molecule has 0 aliphatic rings. The van der Waals surface area contributed by atoms with Crippen molar-refractivity contribution in [2.75, 3.05) is 0 Å². The number of benzene rings is 3. The average Bonchev–Trinajstić information content (AvgIpc) is 2.63. The van der Waals surface area contributed by atoms with Crippen LogP contribution in [0, 0.1) is 0 Å². The molecule has 5 nitrogen and oxygen atoms in total. The molecule has 0 unspecified atom stereocenters. The summed E-state index contributed by atoms with van der Waals surface area (Å²) in [4.78, 5) is 12.1. The lowest BCUT2D eigenvalue weighted by Crippen LogP contribution is -2.08. The highest BCUT2D eigenvalue weighted by atomic mass is 32.2. The standard InChI is InChI=1S/C19H13O5S/c20-15-6-10-17(11-7-15)25(22,23)18-12-8-16(9-13-18)24-19(21)14-4-2-1-3-5-14/h1-13H. The maximum absolute atomic E-state index is 12.5. The van der Waals surface area contributed by atoms with Crippen LogP contribution in [0.4, 0.5) is 0 Å². The molecule has 0 saturated carbocycles. The molecule has 0 spiro atoms. The third-order valence-corrected chi connectivity index (χ3v) is 5.27. The van der Waals surface area contributed by atoms with Crippen LogP contribution in [-0.4, -0.2) is 14.4 Å². The van der Waals surface area contributed by atoms with Crippen LogP contribution >= 0.6 is 0 Å². The highest BCUT2D eigenvalue weighted by molar-refractivity contribution is 7.91. The molecule has 0 atom stereocenters. The Kier molecular flexibility index (Phi) is 4.54. The van der Waals surface area contributed by atoms with Gasteiger partial charge in [-0.15, -0.1) is 0 Å².